The highest BCUT2D eigenvalue weighted by Gasteiger charge is 2.36. The van der Waals surface area contributed by atoms with Crippen LogP contribution < -0.4 is 0 Å². The van der Waals surface area contributed by atoms with Gasteiger partial charge in [-0.1, -0.05) is 0 Å². The van der Waals surface area contributed by atoms with Gasteiger partial charge in [0.25, 0.3) is 0 Å². The van der Waals surface area contributed by atoms with E-state index < -0.39 is 23.7 Å². The summed E-state index contributed by atoms with van der Waals surface area (Å²) in [5.74, 6) is 0.400. The van der Waals surface area contributed by atoms with Crippen LogP contribution >= 0.6 is 11.8 Å². The molecule has 11 heavy (non-hydrogen) atoms. The van der Waals surface area contributed by atoms with Crippen LogP contribution in [-0.2, 0) is 4.74 Å². The predicted octanol–water partition coefficient (Wildman–Crippen LogP) is -1.21. The van der Waals surface area contributed by atoms with Crippen molar-refractivity contribution in [2.24, 2.45) is 0 Å². The van der Waals surface area contributed by atoms with Crippen molar-refractivity contribution in [2.75, 3.05) is 12.9 Å². The van der Waals surface area contributed by atoms with Crippen molar-refractivity contribution in [2.45, 2.75) is 23.7 Å². The van der Waals surface area contributed by atoms with E-state index >= 15 is 0 Å². The van der Waals surface area contributed by atoms with Gasteiger partial charge >= 0.3 is 0 Å². The monoisotopic (exact) mass is 180 g/mol. The van der Waals surface area contributed by atoms with E-state index in [2.05, 4.69) is 0 Å². The molecule has 1 rings (SSSR count). The van der Waals surface area contributed by atoms with Crippen LogP contribution in [0.4, 0.5) is 0 Å². The van der Waals surface area contributed by atoms with Crippen LogP contribution in [0.5, 0.6) is 0 Å². The summed E-state index contributed by atoms with van der Waals surface area (Å²) >= 11 is 1.30. The van der Waals surface area contributed by atoms with Gasteiger partial charge < -0.3 is 20.1 Å². The van der Waals surface area contributed by atoms with Gasteiger partial charge in [0.15, 0.2) is 0 Å². The topological polar surface area (TPSA) is 69.9 Å². The molecule has 0 aromatic heterocycles. The van der Waals surface area contributed by atoms with Gasteiger partial charge in [0, 0.05) is 12.9 Å². The van der Waals surface area contributed by atoms with Crippen molar-refractivity contribution in [3.8, 4) is 0 Å². The molecule has 1 fully saturated rings. The Hall–Kier alpha value is 0.190. The third-order valence-corrected chi connectivity index (χ3v) is 3.02. The van der Waals surface area contributed by atoms with E-state index in [1.165, 1.54) is 18.9 Å². The lowest BCUT2D eigenvalue weighted by atomic mass is 10.1. The number of ether oxygens (including phenoxy) is 1. The fraction of sp³-hybridized carbons (Fsp3) is 1.00. The molecule has 0 amide bonds. The molecule has 1 saturated heterocycles. The van der Waals surface area contributed by atoms with Gasteiger partial charge in [-0.2, -0.15) is 0 Å². The first kappa shape index (κ1) is 9.28. The van der Waals surface area contributed by atoms with Crippen LogP contribution in [-0.4, -0.2) is 51.9 Å². The Balaban J connectivity index is 2.52. The van der Waals surface area contributed by atoms with E-state index in [4.69, 9.17) is 14.9 Å². The lowest BCUT2D eigenvalue weighted by Crippen LogP contribution is -2.49. The summed E-state index contributed by atoms with van der Waals surface area (Å²) < 4.78 is 4.86. The van der Waals surface area contributed by atoms with Crippen molar-refractivity contribution in [1.29, 1.82) is 0 Å². The zero-order chi connectivity index (χ0) is 8.43. The molecule has 0 aromatic carbocycles. The molecule has 0 bridgehead atoms. The van der Waals surface area contributed by atoms with E-state index in [-0.39, 0.29) is 0 Å². The number of hydrogen-bond donors (Lipinski definition) is 3. The van der Waals surface area contributed by atoms with Crippen LogP contribution in [0.15, 0.2) is 0 Å². The summed E-state index contributed by atoms with van der Waals surface area (Å²) in [5, 5.41) is 27.5. The molecule has 1 aliphatic rings. The first-order valence-corrected chi connectivity index (χ1v) is 4.40. The molecule has 5 heteroatoms. The second-order valence-electron chi connectivity index (χ2n) is 2.49. The second kappa shape index (κ2) is 3.73. The zero-order valence-corrected chi connectivity index (χ0v) is 6.99. The molecule has 0 aliphatic carbocycles. The molecule has 4 nitrogen and oxygen atoms in total. The maximum absolute atomic E-state index is 9.25. The Morgan fingerprint density at radius 1 is 1.27 bits per heavy atom. The van der Waals surface area contributed by atoms with Gasteiger partial charge in [-0.25, -0.2) is 0 Å². The number of aliphatic hydroxyl groups is 3. The molecule has 0 aromatic rings. The highest BCUT2D eigenvalue weighted by molar-refractivity contribution is 7.99. The van der Waals surface area contributed by atoms with Crippen molar-refractivity contribution in [1.82, 2.24) is 0 Å². The van der Waals surface area contributed by atoms with E-state index in [1.54, 1.807) is 0 Å². The molecular weight excluding hydrogens is 168 g/mol. The number of thioether (sulfide) groups is 1. The number of methoxy groups -OCH3 is 1. The summed E-state index contributed by atoms with van der Waals surface area (Å²) in [6.07, 6.45) is -2.92. The average molecular weight is 180 g/mol. The molecule has 66 valence electrons. The number of rotatable bonds is 1. The van der Waals surface area contributed by atoms with Crippen LogP contribution in [0, 0.1) is 0 Å². The van der Waals surface area contributed by atoms with E-state index in [1.807, 2.05) is 0 Å². The summed E-state index contributed by atoms with van der Waals surface area (Å²) in [7, 11) is 1.46. The molecule has 0 spiro atoms. The number of aliphatic hydroxyl groups excluding tert-OH is 3. The summed E-state index contributed by atoms with van der Waals surface area (Å²) in [6, 6.07) is 0. The minimum Gasteiger partial charge on any atom is -0.389 e. The molecule has 4 atom stereocenters. The second-order valence-corrected chi connectivity index (χ2v) is 3.62. The lowest BCUT2D eigenvalue weighted by molar-refractivity contribution is -0.0911. The fourth-order valence-corrected chi connectivity index (χ4v) is 2.06. The fourth-order valence-electron chi connectivity index (χ4n) is 0.987. The zero-order valence-electron chi connectivity index (χ0n) is 6.17. The molecule has 0 unspecified atom stereocenters. The van der Waals surface area contributed by atoms with E-state index in [0.717, 1.165) is 0 Å². The van der Waals surface area contributed by atoms with Gasteiger partial charge in [0.1, 0.15) is 17.6 Å². The van der Waals surface area contributed by atoms with Crippen LogP contribution in [0.2, 0.25) is 0 Å². The lowest BCUT2D eigenvalue weighted by Gasteiger charge is -2.33. The molecule has 3 N–H and O–H groups in total. The first-order valence-electron chi connectivity index (χ1n) is 3.35. The minimum absolute atomic E-state index is 0.400. The van der Waals surface area contributed by atoms with Crippen molar-refractivity contribution in [3.05, 3.63) is 0 Å². The summed E-state index contributed by atoms with van der Waals surface area (Å²) in [4.78, 5) is 0. The Morgan fingerprint density at radius 2 is 1.91 bits per heavy atom. The maximum Gasteiger partial charge on any atom is 0.131 e. The average Bonchev–Trinajstić information content (AvgIpc) is 2.01. The quantitative estimate of drug-likeness (QED) is 0.472. The number of hydrogen-bond acceptors (Lipinski definition) is 5. The largest absolute Gasteiger partial charge is 0.389 e. The molecule has 1 heterocycles. The molecular formula is C6H12O4S. The summed E-state index contributed by atoms with van der Waals surface area (Å²) in [6.45, 7) is 0. The summed E-state index contributed by atoms with van der Waals surface area (Å²) in [5.41, 5.74) is -0.423. The van der Waals surface area contributed by atoms with Crippen LogP contribution in [0.1, 0.15) is 0 Å². The minimum atomic E-state index is -1.08. The predicted molar refractivity (Wildman–Crippen MR) is 41.3 cm³/mol. The van der Waals surface area contributed by atoms with Gasteiger partial charge in [-0.3, -0.25) is 0 Å². The Morgan fingerprint density at radius 3 is 2.45 bits per heavy atom. The third kappa shape index (κ3) is 1.86. The SMILES string of the molecule is CO[C@H]1SC[C@@H](O)[C@H](O)[C@H]1O. The Labute approximate surface area is 69.2 Å². The van der Waals surface area contributed by atoms with Crippen molar-refractivity contribution >= 4 is 11.8 Å². The Kier molecular flexibility index (Phi) is 3.15. The highest BCUT2D eigenvalue weighted by Crippen LogP contribution is 2.26. The molecule has 0 radical (unpaired) electrons. The van der Waals surface area contributed by atoms with Gasteiger partial charge in [0.2, 0.25) is 0 Å². The van der Waals surface area contributed by atoms with Gasteiger partial charge in [-0.05, 0) is 0 Å². The van der Waals surface area contributed by atoms with Gasteiger partial charge in [0.05, 0.1) is 6.10 Å². The standard InChI is InChI=1S/C6H12O4S/c1-10-6-5(9)4(8)3(7)2-11-6/h3-9H,2H2,1H3/t3-,4+,5-,6+/m1/s1. The smallest absolute Gasteiger partial charge is 0.131 e. The van der Waals surface area contributed by atoms with Crippen molar-refractivity contribution < 1.29 is 20.1 Å². The first-order chi connectivity index (χ1) is 5.16. The van der Waals surface area contributed by atoms with E-state index in [9.17, 15) is 5.11 Å². The highest BCUT2D eigenvalue weighted by atomic mass is 32.2. The maximum atomic E-state index is 9.25. The van der Waals surface area contributed by atoms with Crippen LogP contribution in [0.25, 0.3) is 0 Å². The normalized spacial score (nSPS) is 45.8. The molecule has 0 saturated carbocycles. The third-order valence-electron chi connectivity index (χ3n) is 1.69. The van der Waals surface area contributed by atoms with Crippen molar-refractivity contribution in [3.63, 3.8) is 0 Å². The van der Waals surface area contributed by atoms with Gasteiger partial charge in [-0.15, -0.1) is 11.8 Å². The van der Waals surface area contributed by atoms with E-state index in [0.29, 0.717) is 5.75 Å². The Bertz CT molecular complexity index is 130. The van der Waals surface area contributed by atoms with Crippen LogP contribution in [0.3, 0.4) is 0 Å². The molecule has 1 aliphatic heterocycles.